The number of methoxy groups -OCH3 is 1. The molecule has 1 atom stereocenters. The van der Waals surface area contributed by atoms with Gasteiger partial charge in [-0.2, -0.15) is 21.6 Å². The number of ether oxygens (including phenoxy) is 2. The molecular formula is C27H27F3N2O6S. The first kappa shape index (κ1) is 28.2. The van der Waals surface area contributed by atoms with E-state index >= 15 is 0 Å². The number of rotatable bonds is 9. The number of nitrogens with one attached hydrogen (secondary N) is 1. The molecule has 1 unspecified atom stereocenters. The number of carbonyl (C=O) groups is 1. The second-order valence-electron chi connectivity index (χ2n) is 8.82. The van der Waals surface area contributed by atoms with Crippen LogP contribution in [0.25, 0.3) is 0 Å². The van der Waals surface area contributed by atoms with E-state index in [2.05, 4.69) is 5.32 Å². The molecule has 1 fully saturated rings. The molecule has 0 aromatic heterocycles. The van der Waals surface area contributed by atoms with Crippen molar-refractivity contribution in [2.45, 2.75) is 36.6 Å². The average molecular weight is 565 g/mol. The second-order valence-corrected chi connectivity index (χ2v) is 10.4. The zero-order valence-corrected chi connectivity index (χ0v) is 21.8. The van der Waals surface area contributed by atoms with E-state index in [1.165, 1.54) is 24.1 Å². The van der Waals surface area contributed by atoms with Crippen LogP contribution in [-0.2, 0) is 27.6 Å². The van der Waals surface area contributed by atoms with E-state index in [0.717, 1.165) is 31.0 Å². The summed E-state index contributed by atoms with van der Waals surface area (Å²) in [6.07, 6.45) is -3.33. The SMILES string of the molecule is COc1ccccc1NC(=O)N(Cc1ccccc1OS(=O)(=O)c1cccc(C(F)(F)F)c1)CC1CCCO1. The summed E-state index contributed by atoms with van der Waals surface area (Å²) >= 11 is 0. The van der Waals surface area contributed by atoms with Gasteiger partial charge in [-0.05, 0) is 49.2 Å². The minimum absolute atomic E-state index is 0.0604. The number of urea groups is 1. The first-order valence-electron chi connectivity index (χ1n) is 12.1. The number of anilines is 1. The lowest BCUT2D eigenvalue weighted by Gasteiger charge is -2.27. The monoisotopic (exact) mass is 564 g/mol. The maximum atomic E-state index is 13.4. The van der Waals surface area contributed by atoms with Gasteiger partial charge in [-0.15, -0.1) is 0 Å². The molecule has 8 nitrogen and oxygen atoms in total. The molecule has 0 saturated carbocycles. The summed E-state index contributed by atoms with van der Waals surface area (Å²) < 4.78 is 81.6. The normalized spacial score (nSPS) is 15.5. The third-order valence-corrected chi connectivity index (χ3v) is 7.30. The summed E-state index contributed by atoms with van der Waals surface area (Å²) in [4.78, 5) is 14.2. The molecule has 0 aliphatic carbocycles. The molecule has 0 spiro atoms. The van der Waals surface area contributed by atoms with Crippen molar-refractivity contribution >= 4 is 21.8 Å². The summed E-state index contributed by atoms with van der Waals surface area (Å²) in [6.45, 7) is 0.729. The Hall–Kier alpha value is -3.77. The van der Waals surface area contributed by atoms with Crippen molar-refractivity contribution in [2.24, 2.45) is 0 Å². The molecule has 208 valence electrons. The molecule has 1 saturated heterocycles. The minimum Gasteiger partial charge on any atom is -0.495 e. The first-order valence-corrected chi connectivity index (χ1v) is 13.5. The summed E-state index contributed by atoms with van der Waals surface area (Å²) in [6, 6.07) is 15.8. The van der Waals surface area contributed by atoms with Crippen molar-refractivity contribution in [3.8, 4) is 11.5 Å². The van der Waals surface area contributed by atoms with Crippen molar-refractivity contribution in [3.63, 3.8) is 0 Å². The summed E-state index contributed by atoms with van der Waals surface area (Å²) in [7, 11) is -3.14. The van der Waals surface area contributed by atoms with Crippen LogP contribution in [0.15, 0.2) is 77.7 Å². The number of hydrogen-bond acceptors (Lipinski definition) is 6. The lowest BCUT2D eigenvalue weighted by molar-refractivity contribution is -0.137. The van der Waals surface area contributed by atoms with E-state index in [1.54, 1.807) is 36.4 Å². The number of benzene rings is 3. The van der Waals surface area contributed by atoms with E-state index in [0.29, 0.717) is 29.7 Å². The molecule has 0 radical (unpaired) electrons. The topological polar surface area (TPSA) is 94.2 Å². The smallest absolute Gasteiger partial charge is 0.416 e. The van der Waals surface area contributed by atoms with Crippen LogP contribution >= 0.6 is 0 Å². The fraction of sp³-hybridized carbons (Fsp3) is 0.296. The molecule has 12 heteroatoms. The Labute approximate surface area is 224 Å². The number of amides is 2. The van der Waals surface area contributed by atoms with Gasteiger partial charge in [0, 0.05) is 18.7 Å². The molecule has 2 amide bonds. The Balaban J connectivity index is 1.59. The van der Waals surface area contributed by atoms with Crippen molar-refractivity contribution in [3.05, 3.63) is 83.9 Å². The van der Waals surface area contributed by atoms with Crippen molar-refractivity contribution in [1.82, 2.24) is 4.90 Å². The van der Waals surface area contributed by atoms with Crippen molar-refractivity contribution in [2.75, 3.05) is 25.6 Å². The molecule has 4 rings (SSSR count). The highest BCUT2D eigenvalue weighted by Gasteiger charge is 2.32. The highest BCUT2D eigenvalue weighted by atomic mass is 32.2. The molecule has 3 aromatic carbocycles. The lowest BCUT2D eigenvalue weighted by atomic mass is 10.1. The predicted molar refractivity (Wildman–Crippen MR) is 137 cm³/mol. The maximum absolute atomic E-state index is 13.4. The maximum Gasteiger partial charge on any atom is 0.416 e. The Morgan fingerprint density at radius 2 is 1.77 bits per heavy atom. The van der Waals surface area contributed by atoms with Gasteiger partial charge in [0.25, 0.3) is 0 Å². The standard InChI is InChI=1S/C27H27F3N2O6S/c1-36-25-14-5-3-12-23(25)31-26(33)32(18-21-10-7-15-37-21)17-19-8-2-4-13-24(19)38-39(34,35)22-11-6-9-20(16-22)27(28,29)30/h2-6,8-9,11-14,16,21H,7,10,15,17-18H2,1H3,(H,31,33). The van der Waals surface area contributed by atoms with Gasteiger partial charge < -0.3 is 23.9 Å². The van der Waals surface area contributed by atoms with E-state index in [9.17, 15) is 26.4 Å². The Morgan fingerprint density at radius 1 is 1.05 bits per heavy atom. The molecular weight excluding hydrogens is 537 g/mol. The van der Waals surface area contributed by atoms with Gasteiger partial charge in [-0.3, -0.25) is 0 Å². The summed E-state index contributed by atoms with van der Waals surface area (Å²) in [5.41, 5.74) is -0.337. The molecule has 0 bridgehead atoms. The number of halogens is 3. The second kappa shape index (κ2) is 12.0. The lowest BCUT2D eigenvalue weighted by Crippen LogP contribution is -2.39. The van der Waals surface area contributed by atoms with E-state index in [-0.39, 0.29) is 24.9 Å². The molecule has 1 heterocycles. The zero-order chi connectivity index (χ0) is 28.0. The van der Waals surface area contributed by atoms with Crippen LogP contribution in [0.5, 0.6) is 11.5 Å². The zero-order valence-electron chi connectivity index (χ0n) is 21.0. The quantitative estimate of drug-likeness (QED) is 0.336. The largest absolute Gasteiger partial charge is 0.495 e. The van der Waals surface area contributed by atoms with Crippen molar-refractivity contribution < 1.29 is 40.0 Å². The molecule has 1 N–H and O–H groups in total. The summed E-state index contributed by atoms with van der Waals surface area (Å²) in [5.74, 6) is 0.344. The van der Waals surface area contributed by atoms with Gasteiger partial charge in [0.05, 0.1) is 31.0 Å². The number of hydrogen-bond donors (Lipinski definition) is 1. The number of para-hydroxylation sites is 3. The average Bonchev–Trinajstić information content (AvgIpc) is 3.42. The highest BCUT2D eigenvalue weighted by molar-refractivity contribution is 7.87. The van der Waals surface area contributed by atoms with Crippen molar-refractivity contribution in [1.29, 1.82) is 0 Å². The van der Waals surface area contributed by atoms with Gasteiger partial charge in [-0.1, -0.05) is 36.4 Å². The van der Waals surface area contributed by atoms with Crippen LogP contribution in [0.4, 0.5) is 23.7 Å². The van der Waals surface area contributed by atoms with Gasteiger partial charge in [0.15, 0.2) is 0 Å². The first-order chi connectivity index (χ1) is 18.6. The van der Waals surface area contributed by atoms with Gasteiger partial charge in [0.1, 0.15) is 16.4 Å². The Kier molecular flexibility index (Phi) is 8.66. The van der Waals surface area contributed by atoms with E-state index in [1.807, 2.05) is 0 Å². The minimum atomic E-state index is -4.72. The fourth-order valence-electron chi connectivity index (χ4n) is 4.11. The number of alkyl halides is 3. The van der Waals surface area contributed by atoms with Gasteiger partial charge in [0.2, 0.25) is 0 Å². The van der Waals surface area contributed by atoms with E-state index in [4.69, 9.17) is 13.7 Å². The van der Waals surface area contributed by atoms with Crippen LogP contribution in [0, 0.1) is 0 Å². The predicted octanol–water partition coefficient (Wildman–Crippen LogP) is 5.69. The summed E-state index contributed by atoms with van der Waals surface area (Å²) in [5, 5.41) is 2.81. The molecule has 3 aromatic rings. The number of carbonyl (C=O) groups excluding carboxylic acids is 1. The van der Waals surface area contributed by atoms with Crippen LogP contribution in [0.2, 0.25) is 0 Å². The Morgan fingerprint density at radius 3 is 2.46 bits per heavy atom. The van der Waals surface area contributed by atoms with Crippen LogP contribution in [0.3, 0.4) is 0 Å². The fourth-order valence-corrected chi connectivity index (χ4v) is 5.12. The van der Waals surface area contributed by atoms with Gasteiger partial charge >= 0.3 is 22.3 Å². The third-order valence-electron chi connectivity index (χ3n) is 6.07. The third kappa shape index (κ3) is 7.21. The van der Waals surface area contributed by atoms with Gasteiger partial charge in [-0.25, -0.2) is 4.79 Å². The highest BCUT2D eigenvalue weighted by Crippen LogP contribution is 2.32. The number of nitrogens with zero attached hydrogens (tertiary/aromatic N) is 1. The van der Waals surface area contributed by atoms with Crippen LogP contribution in [0.1, 0.15) is 24.0 Å². The van der Waals surface area contributed by atoms with E-state index < -0.39 is 32.8 Å². The molecule has 1 aliphatic rings. The van der Waals surface area contributed by atoms with Crippen LogP contribution < -0.4 is 14.2 Å². The molecule has 1 aliphatic heterocycles. The van der Waals surface area contributed by atoms with Crippen LogP contribution in [-0.4, -0.2) is 45.7 Å². The Bertz CT molecular complexity index is 1410. The molecule has 39 heavy (non-hydrogen) atoms.